The maximum atomic E-state index is 5.35. The van der Waals surface area contributed by atoms with Crippen LogP contribution in [0.4, 0.5) is 0 Å². The summed E-state index contributed by atoms with van der Waals surface area (Å²) >= 11 is 1.89. The van der Waals surface area contributed by atoms with E-state index in [1.165, 1.54) is 25.0 Å². The predicted molar refractivity (Wildman–Crippen MR) is 43.5 cm³/mol. The summed E-state index contributed by atoms with van der Waals surface area (Å²) in [5, 5.41) is 0. The summed E-state index contributed by atoms with van der Waals surface area (Å²) in [5.41, 5.74) is 0.350. The topological polar surface area (TPSA) is 0 Å². The van der Waals surface area contributed by atoms with E-state index in [-0.39, 0.29) is 0 Å². The van der Waals surface area contributed by atoms with Gasteiger partial charge in [-0.3, -0.25) is 0 Å². The Morgan fingerprint density at radius 3 is 2.67 bits per heavy atom. The molecule has 0 amide bonds. The molecule has 0 aromatic rings. The summed E-state index contributed by atoms with van der Waals surface area (Å²) in [6.45, 7) is 0. The molecule has 0 aromatic carbocycles. The molecular formula is C8H12S. The minimum absolute atomic E-state index is 0.350. The lowest BCUT2D eigenvalue weighted by atomic mass is 10.1. The molecule has 1 aliphatic rings. The van der Waals surface area contributed by atoms with Crippen molar-refractivity contribution in [3.8, 4) is 12.3 Å². The predicted octanol–water partition coefficient (Wildman–Crippen LogP) is 2.15. The van der Waals surface area contributed by atoms with Crippen molar-refractivity contribution < 1.29 is 0 Å². The first-order valence-corrected chi connectivity index (χ1v) is 4.69. The van der Waals surface area contributed by atoms with Crippen molar-refractivity contribution in [1.82, 2.24) is 0 Å². The minimum atomic E-state index is 0.350. The van der Waals surface area contributed by atoms with Crippen LogP contribution in [0.5, 0.6) is 0 Å². The summed E-state index contributed by atoms with van der Waals surface area (Å²) in [7, 11) is 0. The van der Waals surface area contributed by atoms with Gasteiger partial charge in [-0.05, 0) is 31.3 Å². The monoisotopic (exact) mass is 140 g/mol. The highest BCUT2D eigenvalue weighted by molar-refractivity contribution is 7.98. The summed E-state index contributed by atoms with van der Waals surface area (Å²) in [6.07, 6.45) is 11.2. The molecule has 1 rings (SSSR count). The second kappa shape index (κ2) is 2.66. The van der Waals surface area contributed by atoms with Crippen molar-refractivity contribution in [2.45, 2.75) is 19.3 Å². The van der Waals surface area contributed by atoms with Crippen LogP contribution in [0, 0.1) is 17.8 Å². The highest BCUT2D eigenvalue weighted by atomic mass is 32.2. The van der Waals surface area contributed by atoms with Crippen LogP contribution in [0.2, 0.25) is 0 Å². The van der Waals surface area contributed by atoms with Crippen LogP contribution in [0.15, 0.2) is 0 Å². The molecule has 9 heavy (non-hydrogen) atoms. The Morgan fingerprint density at radius 2 is 2.33 bits per heavy atom. The zero-order chi connectivity index (χ0) is 6.74. The maximum absolute atomic E-state index is 5.35. The fourth-order valence-corrected chi connectivity index (χ4v) is 1.51. The Balaban J connectivity index is 2.20. The van der Waals surface area contributed by atoms with E-state index >= 15 is 0 Å². The number of hydrogen-bond donors (Lipinski definition) is 0. The lowest BCUT2D eigenvalue weighted by Gasteiger charge is -2.03. The van der Waals surface area contributed by atoms with Crippen molar-refractivity contribution in [3.05, 3.63) is 0 Å². The molecule has 1 fully saturated rings. The highest BCUT2D eigenvalue weighted by Gasteiger charge is 2.39. The van der Waals surface area contributed by atoms with Gasteiger partial charge in [-0.2, -0.15) is 11.8 Å². The summed E-state index contributed by atoms with van der Waals surface area (Å²) in [4.78, 5) is 0. The summed E-state index contributed by atoms with van der Waals surface area (Å²) in [5.74, 6) is 4.10. The normalized spacial score (nSPS) is 20.9. The van der Waals surface area contributed by atoms with Crippen LogP contribution in [0.3, 0.4) is 0 Å². The lowest BCUT2D eigenvalue weighted by Crippen LogP contribution is -1.96. The fraction of sp³-hybridized carbons (Fsp3) is 0.750. The Hall–Kier alpha value is -0.0900. The SMILES string of the molecule is C#CC1(CCSC)CC1. The van der Waals surface area contributed by atoms with Crippen LogP contribution in [0.1, 0.15) is 19.3 Å². The third kappa shape index (κ3) is 1.66. The van der Waals surface area contributed by atoms with E-state index in [2.05, 4.69) is 12.2 Å². The van der Waals surface area contributed by atoms with Crippen LogP contribution < -0.4 is 0 Å². The quantitative estimate of drug-likeness (QED) is 0.541. The molecule has 0 radical (unpaired) electrons. The first kappa shape index (κ1) is 7.02. The largest absolute Gasteiger partial charge is 0.165 e. The Kier molecular flexibility index (Phi) is 2.08. The zero-order valence-electron chi connectivity index (χ0n) is 5.81. The van der Waals surface area contributed by atoms with Gasteiger partial charge in [0.05, 0.1) is 0 Å². The molecule has 1 heteroatoms. The van der Waals surface area contributed by atoms with E-state index in [0.717, 1.165) is 0 Å². The van der Waals surface area contributed by atoms with Gasteiger partial charge < -0.3 is 0 Å². The van der Waals surface area contributed by atoms with E-state index in [1.54, 1.807) is 0 Å². The number of thioether (sulfide) groups is 1. The molecule has 1 saturated carbocycles. The van der Waals surface area contributed by atoms with Crippen molar-refractivity contribution >= 4 is 11.8 Å². The Labute approximate surface area is 61.4 Å². The molecule has 0 spiro atoms. The Morgan fingerprint density at radius 1 is 1.67 bits per heavy atom. The van der Waals surface area contributed by atoms with Crippen LogP contribution in [-0.4, -0.2) is 12.0 Å². The van der Waals surface area contributed by atoms with Crippen molar-refractivity contribution in [1.29, 1.82) is 0 Å². The maximum Gasteiger partial charge on any atom is 0.0321 e. The molecule has 0 N–H and O–H groups in total. The molecule has 0 saturated heterocycles. The van der Waals surface area contributed by atoms with Gasteiger partial charge in [-0.1, -0.05) is 5.92 Å². The van der Waals surface area contributed by atoms with Gasteiger partial charge >= 0.3 is 0 Å². The van der Waals surface area contributed by atoms with Crippen LogP contribution in [-0.2, 0) is 0 Å². The van der Waals surface area contributed by atoms with Crippen molar-refractivity contribution in [3.63, 3.8) is 0 Å². The smallest absolute Gasteiger partial charge is 0.0321 e. The molecule has 0 unspecified atom stereocenters. The van der Waals surface area contributed by atoms with Gasteiger partial charge in [0, 0.05) is 5.41 Å². The minimum Gasteiger partial charge on any atom is -0.165 e. The number of terminal acetylenes is 1. The molecule has 50 valence electrons. The average molecular weight is 140 g/mol. The third-order valence-electron chi connectivity index (χ3n) is 1.94. The van der Waals surface area contributed by atoms with E-state index in [1.807, 2.05) is 11.8 Å². The molecule has 0 atom stereocenters. The van der Waals surface area contributed by atoms with E-state index < -0.39 is 0 Å². The first-order valence-electron chi connectivity index (χ1n) is 3.30. The first-order chi connectivity index (χ1) is 4.33. The molecule has 0 aromatic heterocycles. The van der Waals surface area contributed by atoms with Gasteiger partial charge in [0.1, 0.15) is 0 Å². The fourth-order valence-electron chi connectivity index (χ4n) is 0.915. The molecule has 0 heterocycles. The third-order valence-corrected chi connectivity index (χ3v) is 2.56. The van der Waals surface area contributed by atoms with Gasteiger partial charge in [-0.15, -0.1) is 6.42 Å². The summed E-state index contributed by atoms with van der Waals surface area (Å²) < 4.78 is 0. The van der Waals surface area contributed by atoms with Gasteiger partial charge in [0.15, 0.2) is 0 Å². The molecule has 1 aliphatic carbocycles. The van der Waals surface area contributed by atoms with E-state index in [0.29, 0.717) is 5.41 Å². The standard InChI is InChI=1S/C8H12S/c1-3-8(4-5-8)6-7-9-2/h1H,4-7H2,2H3. The lowest BCUT2D eigenvalue weighted by molar-refractivity contribution is 0.659. The second-order valence-corrected chi connectivity index (χ2v) is 3.65. The van der Waals surface area contributed by atoms with Gasteiger partial charge in [-0.25, -0.2) is 0 Å². The molecular weight excluding hydrogens is 128 g/mol. The zero-order valence-corrected chi connectivity index (χ0v) is 6.63. The molecule has 0 bridgehead atoms. The van der Waals surface area contributed by atoms with Gasteiger partial charge in [0.2, 0.25) is 0 Å². The average Bonchev–Trinajstić information content (AvgIpc) is 2.65. The molecule has 0 aliphatic heterocycles. The van der Waals surface area contributed by atoms with Crippen molar-refractivity contribution in [2.75, 3.05) is 12.0 Å². The Bertz CT molecular complexity index is 128. The summed E-state index contributed by atoms with van der Waals surface area (Å²) in [6, 6.07) is 0. The number of hydrogen-bond acceptors (Lipinski definition) is 1. The van der Waals surface area contributed by atoms with E-state index in [4.69, 9.17) is 6.42 Å². The molecule has 0 nitrogen and oxygen atoms in total. The highest BCUT2D eigenvalue weighted by Crippen LogP contribution is 2.48. The number of rotatable bonds is 3. The van der Waals surface area contributed by atoms with E-state index in [9.17, 15) is 0 Å². The van der Waals surface area contributed by atoms with Crippen molar-refractivity contribution in [2.24, 2.45) is 5.41 Å². The second-order valence-electron chi connectivity index (χ2n) is 2.67. The van der Waals surface area contributed by atoms with Gasteiger partial charge in [0.25, 0.3) is 0 Å². The van der Waals surface area contributed by atoms with Crippen LogP contribution >= 0.6 is 11.8 Å². The van der Waals surface area contributed by atoms with Crippen LogP contribution in [0.25, 0.3) is 0 Å².